The number of amides is 2. The SMILES string of the molecule is O=C([O-])CCSCc1cc(C(=O)Nc2ccc(C=Cc3ccc(NC(=O)c4cc(CSCCC(=O)[O-])c5ccccc5c4O)cc3S(=O)(=O)[O-])c(S(=O)(=O)[O-])c2)c(O)c2ccccc12.[Na+].[Na+].[Na+].[Na+]. The molecule has 0 aliphatic heterocycles. The van der Waals surface area contributed by atoms with Crippen molar-refractivity contribution in [1.29, 1.82) is 0 Å². The van der Waals surface area contributed by atoms with E-state index in [0.717, 1.165) is 36.4 Å². The number of carboxylic acids is 2. The summed E-state index contributed by atoms with van der Waals surface area (Å²) in [6.45, 7) is 0. The Bertz CT molecular complexity index is 2910. The Morgan fingerprint density at radius 1 is 0.529 bits per heavy atom. The van der Waals surface area contributed by atoms with E-state index in [4.69, 9.17) is 0 Å². The molecule has 0 aromatic heterocycles. The van der Waals surface area contributed by atoms with Crippen LogP contribution in [0.25, 0.3) is 33.7 Å². The number of phenolic OH excluding ortho intramolecular Hbond substituents is 2. The molecule has 0 fully saturated rings. The molecule has 6 aromatic rings. The summed E-state index contributed by atoms with van der Waals surface area (Å²) in [5.74, 6) is -3.97. The van der Waals surface area contributed by atoms with Gasteiger partial charge in [-0.25, -0.2) is 16.8 Å². The van der Waals surface area contributed by atoms with Gasteiger partial charge in [0.15, 0.2) is 0 Å². The van der Waals surface area contributed by atoms with Crippen LogP contribution in [-0.4, -0.2) is 71.4 Å². The Morgan fingerprint density at radius 3 is 1.19 bits per heavy atom. The van der Waals surface area contributed by atoms with Crippen LogP contribution < -0.4 is 139 Å². The minimum atomic E-state index is -5.27. The zero-order chi connectivity index (χ0) is 46.3. The van der Waals surface area contributed by atoms with Crippen molar-refractivity contribution in [2.45, 2.75) is 34.1 Å². The van der Waals surface area contributed by atoms with Crippen molar-refractivity contribution in [3.8, 4) is 11.5 Å². The molecule has 16 nitrogen and oxygen atoms in total. The fourth-order valence-electron chi connectivity index (χ4n) is 6.64. The van der Waals surface area contributed by atoms with Crippen LogP contribution in [-0.2, 0) is 41.3 Å². The smallest absolute Gasteiger partial charge is 0.744 e. The molecule has 0 bridgehead atoms. The van der Waals surface area contributed by atoms with Crippen molar-refractivity contribution in [2.24, 2.45) is 0 Å². The third-order valence-electron chi connectivity index (χ3n) is 9.63. The number of carboxylic acid groups (broad SMARTS) is 2. The van der Waals surface area contributed by atoms with Crippen LogP contribution in [0.15, 0.2) is 107 Å². The van der Waals surface area contributed by atoms with Crippen LogP contribution >= 0.6 is 23.5 Å². The molecule has 2 amide bonds. The molecular weight excluding hydrogens is 1000 g/mol. The van der Waals surface area contributed by atoms with Crippen molar-refractivity contribution >= 4 is 113 Å². The van der Waals surface area contributed by atoms with Gasteiger partial charge >= 0.3 is 118 Å². The number of aliphatic carboxylic acids is 2. The largest absolute Gasteiger partial charge is 1.00 e. The van der Waals surface area contributed by atoms with E-state index < -0.39 is 53.8 Å². The summed E-state index contributed by atoms with van der Waals surface area (Å²) in [6, 6.07) is 22.6. The molecule has 0 aliphatic rings. The third-order valence-corrected chi connectivity index (χ3v) is 13.4. The number of hydrogen-bond acceptors (Lipinski definition) is 16. The Kier molecular flexibility index (Phi) is 24.9. The minimum Gasteiger partial charge on any atom is -0.744 e. The number of carbonyl (C=O) groups is 4. The summed E-state index contributed by atoms with van der Waals surface area (Å²) in [4.78, 5) is 47.1. The fourth-order valence-corrected chi connectivity index (χ4v) is 9.86. The minimum absolute atomic E-state index is 0. The van der Waals surface area contributed by atoms with Gasteiger partial charge in [0, 0.05) is 45.6 Å². The zero-order valence-electron chi connectivity index (χ0n) is 37.1. The molecule has 4 N–H and O–H groups in total. The molecule has 0 spiro atoms. The van der Waals surface area contributed by atoms with Gasteiger partial charge < -0.3 is 49.8 Å². The average molecular weight is 1030 g/mol. The Balaban J connectivity index is 0.00000397. The van der Waals surface area contributed by atoms with E-state index in [1.165, 1.54) is 47.8 Å². The number of nitrogens with one attached hydrogen (secondary N) is 2. The summed E-state index contributed by atoms with van der Waals surface area (Å²) in [7, 11) is -10.5. The van der Waals surface area contributed by atoms with Gasteiger partial charge in [0.05, 0.1) is 20.9 Å². The van der Waals surface area contributed by atoms with E-state index in [-0.39, 0.29) is 199 Å². The summed E-state index contributed by atoms with van der Waals surface area (Å²) in [5, 5.41) is 50.6. The van der Waals surface area contributed by atoms with E-state index in [0.29, 0.717) is 32.7 Å². The predicted molar refractivity (Wildman–Crippen MR) is 236 cm³/mol. The molecule has 332 valence electrons. The maximum atomic E-state index is 13.5. The molecule has 0 unspecified atom stereocenters. The van der Waals surface area contributed by atoms with Crippen LogP contribution in [0.1, 0.15) is 55.8 Å². The maximum absolute atomic E-state index is 13.5. The normalized spacial score (nSPS) is 11.1. The van der Waals surface area contributed by atoms with Crippen molar-refractivity contribution in [3.05, 3.63) is 130 Å². The number of carbonyl (C=O) groups excluding carboxylic acids is 4. The molecule has 0 radical (unpaired) electrons. The maximum Gasteiger partial charge on any atom is 1.00 e. The van der Waals surface area contributed by atoms with Crippen molar-refractivity contribution in [1.82, 2.24) is 0 Å². The van der Waals surface area contributed by atoms with Gasteiger partial charge in [-0.1, -0.05) is 72.8 Å². The number of hydrogen-bond donors (Lipinski definition) is 4. The molecule has 24 heteroatoms. The van der Waals surface area contributed by atoms with E-state index in [2.05, 4.69) is 10.6 Å². The van der Waals surface area contributed by atoms with Crippen LogP contribution in [0.3, 0.4) is 0 Å². The van der Waals surface area contributed by atoms with E-state index in [9.17, 15) is 65.5 Å². The number of anilines is 2. The monoisotopic (exact) mass is 1030 g/mol. The third kappa shape index (κ3) is 16.0. The summed E-state index contributed by atoms with van der Waals surface area (Å²) >= 11 is 2.53. The van der Waals surface area contributed by atoms with Crippen LogP contribution in [0.2, 0.25) is 0 Å². The van der Waals surface area contributed by atoms with E-state index >= 15 is 0 Å². The number of phenols is 2. The molecule has 0 aliphatic carbocycles. The van der Waals surface area contributed by atoms with Crippen LogP contribution in [0, 0.1) is 0 Å². The predicted octanol–water partition coefficient (Wildman–Crippen LogP) is -7.35. The molecule has 0 atom stereocenters. The van der Waals surface area contributed by atoms with Crippen LogP contribution in [0.4, 0.5) is 11.4 Å². The second-order valence-electron chi connectivity index (χ2n) is 14.0. The first-order valence-electron chi connectivity index (χ1n) is 18.8. The Labute approximate surface area is 488 Å². The molecule has 0 heterocycles. The molecule has 0 saturated carbocycles. The van der Waals surface area contributed by atoms with Crippen LogP contribution in [0.5, 0.6) is 11.5 Å². The molecule has 0 saturated heterocycles. The van der Waals surface area contributed by atoms with Crippen molar-refractivity contribution in [2.75, 3.05) is 22.1 Å². The standard InChI is InChI=1S/C44H38N2O14S4.4Na/c47-39(48)15-17-61-23-27-19-35(41(51)33-7-3-1-5-31(27)33)43(53)45-29-13-11-25(37(21-29)63(55,56)57)9-10-26-12-14-30(22-38(26)64(58,59)60)46-44(54)36-20-28(24-62-18-16-40(49)50)32-6-2-4-8-34(32)42(36)52;;;;/h1-14,19-22,51-52H,15-18,23-24H2,(H,45,53)(H,46,54)(H,47,48)(H,49,50)(H,55,56,57)(H,58,59,60);;;;/q;4*+1/p-4. The molecule has 68 heavy (non-hydrogen) atoms. The topological polar surface area (TPSA) is 293 Å². The summed E-state index contributed by atoms with van der Waals surface area (Å²) in [5.41, 5.74) is -0.0630. The second-order valence-corrected chi connectivity index (χ2v) is 18.9. The summed E-state index contributed by atoms with van der Waals surface area (Å²) in [6.07, 6.45) is 1.71. The fraction of sp³-hybridized carbons (Fsp3) is 0.136. The van der Waals surface area contributed by atoms with E-state index in [1.807, 2.05) is 0 Å². The number of rotatable bonds is 18. The van der Waals surface area contributed by atoms with Gasteiger partial charge in [0.2, 0.25) is 0 Å². The van der Waals surface area contributed by atoms with E-state index in [1.54, 1.807) is 48.5 Å². The molecule has 6 aromatic carbocycles. The first-order chi connectivity index (χ1) is 30.3. The van der Waals surface area contributed by atoms with Gasteiger partial charge in [0.25, 0.3) is 11.8 Å². The van der Waals surface area contributed by atoms with Crippen molar-refractivity contribution in [3.63, 3.8) is 0 Å². The Morgan fingerprint density at radius 2 is 0.868 bits per heavy atom. The molecule has 6 rings (SSSR count). The number of aromatic hydroxyl groups is 2. The summed E-state index contributed by atoms with van der Waals surface area (Å²) < 4.78 is 74.8. The van der Waals surface area contributed by atoms with Gasteiger partial charge in [-0.3, -0.25) is 9.59 Å². The van der Waals surface area contributed by atoms with Gasteiger partial charge in [0.1, 0.15) is 31.7 Å². The quantitative estimate of drug-likeness (QED) is 0.0269. The average Bonchev–Trinajstić information content (AvgIpc) is 3.24. The number of fused-ring (bicyclic) bond motifs is 2. The number of benzene rings is 6. The van der Waals surface area contributed by atoms with Crippen molar-refractivity contribution < 1.29 is 184 Å². The Hall–Kier alpha value is -2.42. The second kappa shape index (κ2) is 27.4. The van der Waals surface area contributed by atoms with Gasteiger partial charge in [-0.05, 0) is 93.8 Å². The number of thioether (sulfide) groups is 2. The zero-order valence-corrected chi connectivity index (χ0v) is 48.3. The van der Waals surface area contributed by atoms with Gasteiger partial charge in [-0.15, -0.1) is 0 Å². The first kappa shape index (κ1) is 61.7. The first-order valence-corrected chi connectivity index (χ1v) is 24.0. The van der Waals surface area contributed by atoms with Gasteiger partial charge in [-0.2, -0.15) is 23.5 Å². The molecular formula is C44H34N2Na4O14S4.